The van der Waals surface area contributed by atoms with Gasteiger partial charge in [-0.15, -0.1) is 0 Å². The molecule has 2 rings (SSSR count). The van der Waals surface area contributed by atoms with Crippen LogP contribution in [0.5, 0.6) is 0 Å². The number of hydrogen-bond donors (Lipinski definition) is 2. The first kappa shape index (κ1) is 22.9. The maximum absolute atomic E-state index is 11.8. The van der Waals surface area contributed by atoms with Crippen LogP contribution in [-0.2, 0) is 9.53 Å². The number of amidine groups is 1. The van der Waals surface area contributed by atoms with Crippen LogP contribution in [0.25, 0.3) is 0 Å². The SMILES string of the molecule is N=C(c1ccc(C(=O)OCCCBr)cc1)N1CCCC1.O=C(O)C(F)(F)F. The second-order valence-electron chi connectivity index (χ2n) is 5.60. The number of halogens is 4. The van der Waals surface area contributed by atoms with Crippen molar-refractivity contribution in [2.24, 2.45) is 0 Å². The van der Waals surface area contributed by atoms with Crippen molar-refractivity contribution < 1.29 is 32.6 Å². The standard InChI is InChI=1S/C15H19BrN2O2.C2HF3O2/c16-8-3-11-20-15(19)13-6-4-12(5-7-13)14(17)18-9-1-2-10-18;3-2(4,5)1(6)7/h4-7,17H,1-3,8-11H2;(H,6,7). The van der Waals surface area contributed by atoms with Gasteiger partial charge in [-0.2, -0.15) is 13.2 Å². The molecule has 0 unspecified atom stereocenters. The van der Waals surface area contributed by atoms with Gasteiger partial charge in [0.05, 0.1) is 12.2 Å². The van der Waals surface area contributed by atoms with Crippen LogP contribution in [0.1, 0.15) is 35.2 Å². The quantitative estimate of drug-likeness (QED) is 0.234. The number of rotatable bonds is 5. The molecule has 1 aliphatic rings. The summed E-state index contributed by atoms with van der Waals surface area (Å²) in [5, 5.41) is 16.1. The Balaban J connectivity index is 0.000000445. The number of alkyl halides is 4. The number of carboxylic acids is 1. The number of carboxylic acid groups (broad SMARTS) is 1. The molecular weight excluding hydrogens is 433 g/mol. The molecule has 10 heteroatoms. The van der Waals surface area contributed by atoms with E-state index in [0.717, 1.165) is 43.2 Å². The summed E-state index contributed by atoms with van der Waals surface area (Å²) in [6, 6.07) is 7.11. The number of hydrogen-bond acceptors (Lipinski definition) is 4. The molecule has 1 aliphatic heterocycles. The van der Waals surface area contributed by atoms with Gasteiger partial charge >= 0.3 is 18.1 Å². The zero-order chi connectivity index (χ0) is 20.4. The van der Waals surface area contributed by atoms with Gasteiger partial charge in [0, 0.05) is 24.0 Å². The van der Waals surface area contributed by atoms with Crippen molar-refractivity contribution in [2.75, 3.05) is 25.0 Å². The molecule has 0 aliphatic carbocycles. The Morgan fingerprint density at radius 2 is 1.63 bits per heavy atom. The lowest BCUT2D eigenvalue weighted by atomic mass is 10.1. The van der Waals surface area contributed by atoms with Crippen molar-refractivity contribution in [3.63, 3.8) is 0 Å². The molecule has 6 nitrogen and oxygen atoms in total. The van der Waals surface area contributed by atoms with Gasteiger partial charge in [-0.05, 0) is 31.4 Å². The van der Waals surface area contributed by atoms with E-state index >= 15 is 0 Å². The van der Waals surface area contributed by atoms with E-state index in [1.54, 1.807) is 12.1 Å². The molecule has 0 radical (unpaired) electrons. The van der Waals surface area contributed by atoms with E-state index in [4.69, 9.17) is 20.0 Å². The van der Waals surface area contributed by atoms with Crippen LogP contribution in [0, 0.1) is 5.41 Å². The predicted molar refractivity (Wildman–Crippen MR) is 96.5 cm³/mol. The van der Waals surface area contributed by atoms with Gasteiger partial charge in [0.25, 0.3) is 0 Å². The molecular formula is C17H20BrF3N2O4. The minimum absolute atomic E-state index is 0.301. The molecule has 1 aromatic carbocycles. The Morgan fingerprint density at radius 3 is 2.07 bits per heavy atom. The number of esters is 1. The van der Waals surface area contributed by atoms with E-state index in [0.29, 0.717) is 18.0 Å². The number of benzene rings is 1. The second kappa shape index (κ2) is 10.9. The topological polar surface area (TPSA) is 90.7 Å². The lowest BCUT2D eigenvalue weighted by Crippen LogP contribution is -2.27. The zero-order valence-electron chi connectivity index (χ0n) is 14.4. The average Bonchev–Trinajstić information content (AvgIpc) is 3.15. The molecule has 0 bridgehead atoms. The summed E-state index contributed by atoms with van der Waals surface area (Å²) < 4.78 is 36.9. The summed E-state index contributed by atoms with van der Waals surface area (Å²) >= 11 is 3.29. The zero-order valence-corrected chi connectivity index (χ0v) is 16.0. The van der Waals surface area contributed by atoms with Crippen LogP contribution in [-0.4, -0.2) is 59.0 Å². The van der Waals surface area contributed by atoms with Crippen LogP contribution < -0.4 is 0 Å². The minimum atomic E-state index is -5.08. The average molecular weight is 453 g/mol. The normalized spacial score (nSPS) is 13.6. The summed E-state index contributed by atoms with van der Waals surface area (Å²) in [6.45, 7) is 2.33. The first-order valence-electron chi connectivity index (χ1n) is 8.14. The smallest absolute Gasteiger partial charge is 0.475 e. The van der Waals surface area contributed by atoms with Crippen molar-refractivity contribution in [3.8, 4) is 0 Å². The third kappa shape index (κ3) is 7.98. The van der Waals surface area contributed by atoms with Crippen molar-refractivity contribution >= 4 is 33.7 Å². The number of nitrogens with one attached hydrogen (secondary N) is 1. The van der Waals surface area contributed by atoms with Crippen molar-refractivity contribution in [1.82, 2.24) is 4.90 Å². The molecule has 0 spiro atoms. The van der Waals surface area contributed by atoms with E-state index in [1.165, 1.54) is 0 Å². The maximum Gasteiger partial charge on any atom is 0.490 e. The number of likely N-dealkylation sites (tertiary alicyclic amines) is 1. The Hall–Kier alpha value is -2.10. The van der Waals surface area contributed by atoms with Gasteiger partial charge in [0.2, 0.25) is 0 Å². The van der Waals surface area contributed by atoms with E-state index in [1.807, 2.05) is 12.1 Å². The van der Waals surface area contributed by atoms with Gasteiger partial charge in [0.1, 0.15) is 5.84 Å². The van der Waals surface area contributed by atoms with Crippen LogP contribution in [0.3, 0.4) is 0 Å². The highest BCUT2D eigenvalue weighted by Crippen LogP contribution is 2.14. The fourth-order valence-corrected chi connectivity index (χ4v) is 2.42. The van der Waals surface area contributed by atoms with Crippen molar-refractivity contribution in [2.45, 2.75) is 25.4 Å². The molecule has 1 fully saturated rings. The van der Waals surface area contributed by atoms with Crippen molar-refractivity contribution in [3.05, 3.63) is 35.4 Å². The molecule has 0 amide bonds. The third-order valence-corrected chi connectivity index (χ3v) is 4.13. The Morgan fingerprint density at radius 1 is 1.15 bits per heavy atom. The summed E-state index contributed by atoms with van der Waals surface area (Å²) in [4.78, 5) is 22.7. The summed E-state index contributed by atoms with van der Waals surface area (Å²) in [5.41, 5.74) is 1.39. The van der Waals surface area contributed by atoms with Crippen LogP contribution in [0.2, 0.25) is 0 Å². The van der Waals surface area contributed by atoms with Crippen LogP contribution >= 0.6 is 15.9 Å². The van der Waals surface area contributed by atoms with E-state index < -0.39 is 12.1 Å². The predicted octanol–water partition coefficient (Wildman–Crippen LogP) is 3.68. The van der Waals surface area contributed by atoms with Crippen LogP contribution in [0.15, 0.2) is 24.3 Å². The molecule has 150 valence electrons. The van der Waals surface area contributed by atoms with Crippen LogP contribution in [0.4, 0.5) is 13.2 Å². The number of nitrogens with zero attached hydrogens (tertiary/aromatic N) is 1. The highest BCUT2D eigenvalue weighted by molar-refractivity contribution is 9.09. The van der Waals surface area contributed by atoms with Crippen molar-refractivity contribution in [1.29, 1.82) is 5.41 Å². The fourth-order valence-electron chi connectivity index (χ4n) is 2.19. The van der Waals surface area contributed by atoms with Gasteiger partial charge in [-0.1, -0.05) is 28.1 Å². The lowest BCUT2D eigenvalue weighted by Gasteiger charge is -2.18. The molecule has 0 aromatic heterocycles. The van der Waals surface area contributed by atoms with Gasteiger partial charge in [-0.3, -0.25) is 5.41 Å². The summed E-state index contributed by atoms with van der Waals surface area (Å²) in [6.07, 6.45) is -1.97. The van der Waals surface area contributed by atoms with Gasteiger partial charge < -0.3 is 14.7 Å². The molecule has 1 aromatic rings. The second-order valence-corrected chi connectivity index (χ2v) is 6.39. The number of ether oxygens (including phenoxy) is 1. The largest absolute Gasteiger partial charge is 0.490 e. The Labute approximate surface area is 162 Å². The first-order chi connectivity index (χ1) is 12.7. The lowest BCUT2D eigenvalue weighted by molar-refractivity contribution is -0.192. The molecule has 2 N–H and O–H groups in total. The molecule has 0 saturated carbocycles. The molecule has 27 heavy (non-hydrogen) atoms. The minimum Gasteiger partial charge on any atom is -0.475 e. The summed E-state index contributed by atoms with van der Waals surface area (Å²) in [5.74, 6) is -2.51. The van der Waals surface area contributed by atoms with E-state index in [2.05, 4.69) is 20.8 Å². The Kier molecular flexibility index (Phi) is 9.27. The Bertz CT molecular complexity index is 645. The first-order valence-corrected chi connectivity index (χ1v) is 9.26. The fraction of sp³-hybridized carbons (Fsp3) is 0.471. The summed E-state index contributed by atoms with van der Waals surface area (Å²) in [7, 11) is 0. The monoisotopic (exact) mass is 452 g/mol. The molecule has 1 heterocycles. The number of carbonyl (C=O) groups is 2. The third-order valence-electron chi connectivity index (χ3n) is 3.57. The maximum atomic E-state index is 11.8. The highest BCUT2D eigenvalue weighted by Gasteiger charge is 2.38. The van der Waals surface area contributed by atoms with E-state index in [-0.39, 0.29) is 5.97 Å². The number of carbonyl (C=O) groups excluding carboxylic acids is 1. The molecule has 0 atom stereocenters. The number of aliphatic carboxylic acids is 1. The van der Waals surface area contributed by atoms with Gasteiger partial charge in [0.15, 0.2) is 0 Å². The highest BCUT2D eigenvalue weighted by atomic mass is 79.9. The van der Waals surface area contributed by atoms with E-state index in [9.17, 15) is 18.0 Å². The molecule has 1 saturated heterocycles. The van der Waals surface area contributed by atoms with Gasteiger partial charge in [-0.25, -0.2) is 9.59 Å².